The summed E-state index contributed by atoms with van der Waals surface area (Å²) in [4.78, 5) is 25.2. The van der Waals surface area contributed by atoms with Crippen LogP contribution in [0, 0.1) is 0 Å². The molecule has 0 amide bonds. The molecule has 0 saturated carbocycles. The van der Waals surface area contributed by atoms with Gasteiger partial charge >= 0.3 is 204 Å². The van der Waals surface area contributed by atoms with E-state index in [9.17, 15) is 9.59 Å². The monoisotopic (exact) mass is 588 g/mol. The first-order valence-electron chi connectivity index (χ1n) is 11.5. The molecule has 6 nitrogen and oxygen atoms in total. The maximum absolute atomic E-state index is 12.6. The number of hydrogen-bond donors (Lipinski definition) is 0. The van der Waals surface area contributed by atoms with Gasteiger partial charge in [-0.25, -0.2) is 0 Å². The van der Waals surface area contributed by atoms with Gasteiger partial charge < -0.3 is 0 Å². The molecule has 0 heterocycles. The van der Waals surface area contributed by atoms with Crippen molar-refractivity contribution in [2.75, 3.05) is 37.2 Å². The molecule has 0 aromatic carbocycles. The van der Waals surface area contributed by atoms with Crippen molar-refractivity contribution in [2.24, 2.45) is 0 Å². The molecule has 0 rings (SSSR count). The summed E-state index contributed by atoms with van der Waals surface area (Å²) in [5, 5.41) is 0. The molecule has 0 aromatic heterocycles. The third kappa shape index (κ3) is 16.6. The van der Waals surface area contributed by atoms with E-state index in [2.05, 4.69) is 13.8 Å². The van der Waals surface area contributed by atoms with Crippen LogP contribution < -0.4 is 0 Å². The van der Waals surface area contributed by atoms with Crippen molar-refractivity contribution in [3.8, 4) is 0 Å². The minimum absolute atomic E-state index is 0.182. The molecule has 0 fully saturated rings. The third-order valence-electron chi connectivity index (χ3n) is 5.00. The van der Waals surface area contributed by atoms with Crippen LogP contribution >= 0.6 is 23.5 Å². The Morgan fingerprint density at radius 3 is 1.48 bits per heavy atom. The van der Waals surface area contributed by atoms with E-state index in [0.29, 0.717) is 11.5 Å². The Bertz CT molecular complexity index is 439. The molecule has 2 unspecified atom stereocenters. The zero-order chi connectivity index (χ0) is 23.5. The number of methoxy groups -OCH3 is 2. The normalized spacial score (nSPS) is 13.6. The Hall–Kier alpha value is 0.359. The van der Waals surface area contributed by atoms with Gasteiger partial charge in [0.1, 0.15) is 0 Å². The van der Waals surface area contributed by atoms with Crippen molar-refractivity contribution in [2.45, 2.75) is 87.3 Å². The van der Waals surface area contributed by atoms with Gasteiger partial charge in [0.2, 0.25) is 0 Å². The Labute approximate surface area is 203 Å². The molecule has 0 saturated heterocycles. The molecule has 0 spiro atoms. The average Bonchev–Trinajstić information content (AvgIpc) is 2.76. The summed E-state index contributed by atoms with van der Waals surface area (Å²) in [6.07, 6.45) is 5.99. The fraction of sp³-hybridized carbons (Fsp3) is 0.909. The second-order valence-electron chi connectivity index (χ2n) is 7.84. The van der Waals surface area contributed by atoms with E-state index in [1.165, 1.54) is 0 Å². The molecule has 0 N–H and O–H groups in total. The SMILES string of the molecule is CCC[CH2][Sn]([CH2]CCC)([O]C(=O)CSCCC(C)OC)[O]C(=O)CSCCC(C)OC. The van der Waals surface area contributed by atoms with Gasteiger partial charge in [0.25, 0.3) is 0 Å². The van der Waals surface area contributed by atoms with Crippen molar-refractivity contribution >= 4 is 54.7 Å². The fourth-order valence-electron chi connectivity index (χ4n) is 2.76. The van der Waals surface area contributed by atoms with Crippen LogP contribution in [-0.4, -0.2) is 80.6 Å². The minimum atomic E-state index is -3.82. The van der Waals surface area contributed by atoms with E-state index in [-0.39, 0.29) is 24.1 Å². The topological polar surface area (TPSA) is 71.1 Å². The van der Waals surface area contributed by atoms with Crippen molar-refractivity contribution < 1.29 is 25.2 Å². The zero-order valence-electron chi connectivity index (χ0n) is 20.4. The van der Waals surface area contributed by atoms with Crippen molar-refractivity contribution in [1.29, 1.82) is 0 Å². The first-order valence-corrected chi connectivity index (χ1v) is 20.1. The van der Waals surface area contributed by atoms with Crippen molar-refractivity contribution in [3.05, 3.63) is 0 Å². The molecule has 0 aromatic rings. The second-order valence-corrected chi connectivity index (χ2v) is 19.3. The third-order valence-corrected chi connectivity index (χ3v) is 16.7. The number of thioether (sulfide) groups is 2. The Balaban J connectivity index is 4.85. The van der Waals surface area contributed by atoms with Crippen molar-refractivity contribution in [3.63, 3.8) is 0 Å². The summed E-state index contributed by atoms with van der Waals surface area (Å²) in [6, 6.07) is 0. The van der Waals surface area contributed by atoms with Crippen LogP contribution in [0.2, 0.25) is 8.87 Å². The molecule has 31 heavy (non-hydrogen) atoms. The standard InChI is InChI=1S/2C7H14O3S.2C4H9.Sn/c2*1-6(10-2)3-4-11-5-7(8)9;2*1-3-4-2;/h2*6H,3-5H2,1-2H3,(H,8,9);2*1,3-4H2,2H3;/q;;;;+2/p-2. The van der Waals surface area contributed by atoms with E-state index in [1.807, 2.05) is 13.8 Å². The summed E-state index contributed by atoms with van der Waals surface area (Å²) in [7, 11) is 3.39. The van der Waals surface area contributed by atoms with E-state index >= 15 is 0 Å². The molecule has 184 valence electrons. The van der Waals surface area contributed by atoms with Crippen LogP contribution in [0.15, 0.2) is 0 Å². The van der Waals surface area contributed by atoms with E-state index < -0.39 is 19.2 Å². The molecule has 0 aliphatic rings. The van der Waals surface area contributed by atoms with Gasteiger partial charge in [-0.05, 0) is 0 Å². The number of carbonyl (C=O) groups excluding carboxylic acids is 2. The van der Waals surface area contributed by atoms with Gasteiger partial charge in [-0.1, -0.05) is 0 Å². The number of rotatable bonds is 20. The number of hydrogen-bond acceptors (Lipinski definition) is 8. The van der Waals surface area contributed by atoms with Crippen molar-refractivity contribution in [1.82, 2.24) is 0 Å². The van der Waals surface area contributed by atoms with E-state index in [0.717, 1.165) is 58.9 Å². The molecular formula is C22H44O6S2Sn. The first kappa shape index (κ1) is 31.4. The maximum atomic E-state index is 12.6. The molecule has 9 heteroatoms. The van der Waals surface area contributed by atoms with E-state index in [1.54, 1.807) is 37.7 Å². The zero-order valence-corrected chi connectivity index (χ0v) is 24.9. The van der Waals surface area contributed by atoms with Crippen LogP contribution in [0.3, 0.4) is 0 Å². The van der Waals surface area contributed by atoms with Gasteiger partial charge in [0.15, 0.2) is 0 Å². The summed E-state index contributed by atoms with van der Waals surface area (Å²) in [5.41, 5.74) is 0. The van der Waals surface area contributed by atoms with Crippen LogP contribution in [0.1, 0.15) is 66.2 Å². The quantitative estimate of drug-likeness (QED) is 0.138. The fourth-order valence-corrected chi connectivity index (χ4v) is 15.0. The summed E-state index contributed by atoms with van der Waals surface area (Å²) >= 11 is -0.707. The molecule has 2 atom stereocenters. The predicted molar refractivity (Wildman–Crippen MR) is 134 cm³/mol. The average molecular weight is 587 g/mol. The second kappa shape index (κ2) is 19.8. The Morgan fingerprint density at radius 2 is 1.16 bits per heavy atom. The van der Waals surface area contributed by atoms with Crippen LogP contribution in [0.4, 0.5) is 0 Å². The summed E-state index contributed by atoms with van der Waals surface area (Å²) in [5.74, 6) is 1.82. The van der Waals surface area contributed by atoms with Gasteiger partial charge in [-0.3, -0.25) is 0 Å². The number of unbranched alkanes of at least 4 members (excludes halogenated alkanes) is 2. The van der Waals surface area contributed by atoms with Crippen LogP contribution in [0.5, 0.6) is 0 Å². The first-order chi connectivity index (χ1) is 14.8. The molecule has 0 aliphatic carbocycles. The molecule has 0 bridgehead atoms. The predicted octanol–water partition coefficient (Wildman–Crippen LogP) is 5.43. The van der Waals surface area contributed by atoms with Gasteiger partial charge in [0, 0.05) is 0 Å². The van der Waals surface area contributed by atoms with Gasteiger partial charge in [0.05, 0.1) is 0 Å². The Kier molecular flexibility index (Phi) is 20.0. The van der Waals surface area contributed by atoms with Gasteiger partial charge in [-0.15, -0.1) is 0 Å². The number of carbonyl (C=O) groups is 2. The Morgan fingerprint density at radius 1 is 0.774 bits per heavy atom. The summed E-state index contributed by atoms with van der Waals surface area (Å²) < 4.78 is 24.1. The van der Waals surface area contributed by atoms with E-state index in [4.69, 9.17) is 15.6 Å². The number of ether oxygens (including phenoxy) is 2. The molecule has 0 aliphatic heterocycles. The molecule has 0 radical (unpaired) electrons. The van der Waals surface area contributed by atoms with Crippen LogP contribution in [-0.2, 0) is 25.2 Å². The summed E-state index contributed by atoms with van der Waals surface area (Å²) in [6.45, 7) is 8.26. The van der Waals surface area contributed by atoms with Gasteiger partial charge in [-0.2, -0.15) is 0 Å². The van der Waals surface area contributed by atoms with Crippen LogP contribution in [0.25, 0.3) is 0 Å². The molecular weight excluding hydrogens is 543 g/mol.